The minimum atomic E-state index is -4.97. The van der Waals surface area contributed by atoms with Crippen LogP contribution >= 0.6 is 0 Å². The van der Waals surface area contributed by atoms with Gasteiger partial charge in [-0.15, -0.1) is 0 Å². The van der Waals surface area contributed by atoms with Crippen LogP contribution in [-0.4, -0.2) is 19.9 Å². The van der Waals surface area contributed by atoms with Crippen molar-refractivity contribution in [3.05, 3.63) is 0 Å². The van der Waals surface area contributed by atoms with Gasteiger partial charge in [-0.1, -0.05) is 6.92 Å². The third kappa shape index (κ3) is 2.95. The second-order valence-electron chi connectivity index (χ2n) is 1.81. The smallest absolute Gasteiger partial charge is 0.768 e. The van der Waals surface area contributed by atoms with Crippen molar-refractivity contribution in [1.82, 2.24) is 0 Å². The molecule has 0 heterocycles. The number of rotatable bonds is 3. The Morgan fingerprint density at radius 3 is 1.75 bits per heavy atom. The summed E-state index contributed by atoms with van der Waals surface area (Å²) in [4.78, 5) is 0. The Kier molecular flexibility index (Phi) is 6.25. The van der Waals surface area contributed by atoms with Gasteiger partial charge in [0.25, 0.3) is 0 Å². The first kappa shape index (κ1) is 15.3. The summed E-state index contributed by atoms with van der Waals surface area (Å²) in [6.07, 6.45) is -1.21. The van der Waals surface area contributed by atoms with E-state index < -0.39 is 28.7 Å². The van der Waals surface area contributed by atoms with Crippen LogP contribution in [-0.2, 0) is 11.1 Å². The van der Waals surface area contributed by atoms with E-state index in [1.807, 2.05) is 0 Å². The summed E-state index contributed by atoms with van der Waals surface area (Å²) in [5.41, 5.74) is 0. The molecule has 0 bridgehead atoms. The van der Waals surface area contributed by atoms with Gasteiger partial charge in [0.1, 0.15) is 0 Å². The molecule has 12 heavy (non-hydrogen) atoms. The van der Waals surface area contributed by atoms with E-state index in [4.69, 9.17) is 0 Å². The van der Waals surface area contributed by atoms with Crippen molar-refractivity contribution in [3.63, 3.8) is 0 Å². The third-order valence-electron chi connectivity index (χ3n) is 1.08. The number of alkyl halides is 4. The molecule has 68 valence electrons. The second kappa shape index (κ2) is 4.90. The van der Waals surface area contributed by atoms with Crippen LogP contribution in [0.3, 0.4) is 0 Å². The molecule has 0 spiro atoms. The molecule has 0 aliphatic carbocycles. The van der Waals surface area contributed by atoms with Crippen molar-refractivity contribution < 1.29 is 55.9 Å². The van der Waals surface area contributed by atoms with Crippen LogP contribution in [0.4, 0.5) is 17.6 Å². The van der Waals surface area contributed by atoms with E-state index in [2.05, 4.69) is 0 Å². The van der Waals surface area contributed by atoms with Gasteiger partial charge in [0.2, 0.25) is 0 Å². The van der Waals surface area contributed by atoms with Crippen LogP contribution in [0.2, 0.25) is 0 Å². The predicted octanol–water partition coefficient (Wildman–Crippen LogP) is -1.49. The van der Waals surface area contributed by atoms with E-state index in [9.17, 15) is 26.3 Å². The standard InChI is InChI=1S/C4H6F4O2S.Na/c1-2-3(5,6)4(7,8)11(9)10;/h2H2,1H3,(H,9,10);/q;+1/p-1. The van der Waals surface area contributed by atoms with Crippen molar-refractivity contribution in [3.8, 4) is 0 Å². The molecule has 1 unspecified atom stereocenters. The largest absolute Gasteiger partial charge is 1.00 e. The molecule has 0 radical (unpaired) electrons. The fourth-order valence-corrected chi connectivity index (χ4v) is 0.716. The molecule has 0 rings (SSSR count). The van der Waals surface area contributed by atoms with E-state index >= 15 is 0 Å². The average molecular weight is 216 g/mol. The zero-order valence-electron chi connectivity index (χ0n) is 6.44. The summed E-state index contributed by atoms with van der Waals surface area (Å²) in [6.45, 7) is 0.779. The zero-order valence-corrected chi connectivity index (χ0v) is 9.26. The molecule has 8 heteroatoms. The number of hydrogen-bond acceptors (Lipinski definition) is 2. The molecule has 2 nitrogen and oxygen atoms in total. The Balaban J connectivity index is 0. The van der Waals surface area contributed by atoms with Gasteiger partial charge in [0, 0.05) is 17.5 Å². The van der Waals surface area contributed by atoms with Crippen molar-refractivity contribution in [1.29, 1.82) is 0 Å². The molecule has 0 fully saturated rings. The van der Waals surface area contributed by atoms with Crippen molar-refractivity contribution in [2.24, 2.45) is 0 Å². The SMILES string of the molecule is CCC(F)(F)C(F)(F)S(=O)[O-].[Na+]. The van der Waals surface area contributed by atoms with Crippen LogP contribution in [0.15, 0.2) is 0 Å². The molecule has 0 aromatic carbocycles. The van der Waals surface area contributed by atoms with Gasteiger partial charge in [-0.3, -0.25) is 4.21 Å². The summed E-state index contributed by atoms with van der Waals surface area (Å²) in [7, 11) is 0. The second-order valence-corrected chi connectivity index (χ2v) is 2.79. The fourth-order valence-electron chi connectivity index (χ4n) is 0.328. The molecular formula is C4H5F4NaO2S. The fraction of sp³-hybridized carbons (Fsp3) is 1.00. The maximum absolute atomic E-state index is 12.0. The summed E-state index contributed by atoms with van der Waals surface area (Å²) in [5.74, 6) is -4.49. The van der Waals surface area contributed by atoms with Gasteiger partial charge in [0.05, 0.1) is 0 Å². The minimum Gasteiger partial charge on any atom is -0.768 e. The Bertz CT molecular complexity index is 174. The predicted molar refractivity (Wildman–Crippen MR) is 29.1 cm³/mol. The Labute approximate surface area is 91.3 Å². The zero-order chi connectivity index (χ0) is 9.28. The van der Waals surface area contributed by atoms with Crippen LogP contribution in [0.1, 0.15) is 13.3 Å². The summed E-state index contributed by atoms with van der Waals surface area (Å²) in [5, 5.41) is -4.97. The Hall–Kier alpha value is 0.830. The van der Waals surface area contributed by atoms with Gasteiger partial charge in [-0.05, 0) is 0 Å². The summed E-state index contributed by atoms with van der Waals surface area (Å²) in [6, 6.07) is 0. The van der Waals surface area contributed by atoms with Crippen molar-refractivity contribution in [2.45, 2.75) is 24.5 Å². The molecule has 0 N–H and O–H groups in total. The molecule has 1 atom stereocenters. The van der Waals surface area contributed by atoms with Crippen LogP contribution < -0.4 is 29.6 Å². The molecule has 0 aliphatic rings. The third-order valence-corrected chi connectivity index (χ3v) is 1.80. The van der Waals surface area contributed by atoms with Crippen LogP contribution in [0.25, 0.3) is 0 Å². The number of hydrogen-bond donors (Lipinski definition) is 0. The normalized spacial score (nSPS) is 15.2. The molecule has 0 amide bonds. The Morgan fingerprint density at radius 1 is 1.33 bits per heavy atom. The van der Waals surface area contributed by atoms with Crippen molar-refractivity contribution >= 4 is 11.1 Å². The summed E-state index contributed by atoms with van der Waals surface area (Å²) < 4.78 is 67.2. The number of halogens is 4. The van der Waals surface area contributed by atoms with E-state index in [0.717, 1.165) is 6.92 Å². The molecular weight excluding hydrogens is 211 g/mol. The first-order chi connectivity index (χ1) is 4.75. The maximum Gasteiger partial charge on any atom is 1.00 e. The van der Waals surface area contributed by atoms with Crippen LogP contribution in [0, 0.1) is 0 Å². The van der Waals surface area contributed by atoms with E-state index in [1.165, 1.54) is 0 Å². The van der Waals surface area contributed by atoms with Crippen LogP contribution in [0.5, 0.6) is 0 Å². The van der Waals surface area contributed by atoms with Gasteiger partial charge < -0.3 is 4.55 Å². The maximum atomic E-state index is 12.0. The van der Waals surface area contributed by atoms with E-state index in [1.54, 1.807) is 0 Å². The van der Waals surface area contributed by atoms with Gasteiger partial charge in [0.15, 0.2) is 0 Å². The quantitative estimate of drug-likeness (QED) is 0.327. The van der Waals surface area contributed by atoms with E-state index in [0.29, 0.717) is 0 Å². The van der Waals surface area contributed by atoms with Gasteiger partial charge in [-0.25, -0.2) is 0 Å². The molecule has 0 aliphatic heterocycles. The minimum absolute atomic E-state index is 0. The summed E-state index contributed by atoms with van der Waals surface area (Å²) >= 11 is -4.08. The monoisotopic (exact) mass is 216 g/mol. The Morgan fingerprint density at radius 2 is 1.67 bits per heavy atom. The van der Waals surface area contributed by atoms with Gasteiger partial charge in [-0.2, -0.15) is 17.6 Å². The van der Waals surface area contributed by atoms with Gasteiger partial charge >= 0.3 is 40.7 Å². The molecule has 0 aromatic rings. The molecule has 0 aromatic heterocycles. The first-order valence-electron chi connectivity index (χ1n) is 2.60. The first-order valence-corrected chi connectivity index (χ1v) is 3.68. The topological polar surface area (TPSA) is 40.1 Å². The molecule has 0 saturated heterocycles. The molecule has 0 saturated carbocycles. The van der Waals surface area contributed by atoms with Crippen molar-refractivity contribution in [2.75, 3.05) is 0 Å². The average Bonchev–Trinajstić information content (AvgIpc) is 1.87. The van der Waals surface area contributed by atoms with E-state index in [-0.39, 0.29) is 29.6 Å².